The number of nitro benzene ring substituents is 1. The number of hydrogen-bond donors (Lipinski definition) is 4. The first-order valence-electron chi connectivity index (χ1n) is 8.00. The van der Waals surface area contributed by atoms with Crippen molar-refractivity contribution in [2.24, 2.45) is 5.73 Å². The second kappa shape index (κ2) is 8.28. The second-order valence-corrected chi connectivity index (χ2v) is 5.85. The molecule has 0 bridgehead atoms. The number of carboxylic acids is 1. The number of nitrogen functional groups attached to an aromatic ring is 2. The molecule has 7 N–H and O–H groups in total. The number of nitrogens with zero attached hydrogens (tertiary/aromatic N) is 2. The zero-order valence-corrected chi connectivity index (χ0v) is 15.3. The summed E-state index contributed by atoms with van der Waals surface area (Å²) < 4.78 is 42.7. The highest BCUT2D eigenvalue weighted by molar-refractivity contribution is 5.73. The van der Waals surface area contributed by atoms with Crippen molar-refractivity contribution < 1.29 is 37.5 Å². The Morgan fingerprint density at radius 3 is 2.47 bits per heavy atom. The van der Waals surface area contributed by atoms with E-state index in [1.807, 2.05) is 0 Å². The highest BCUT2D eigenvalue weighted by Crippen LogP contribution is 2.46. The summed E-state index contributed by atoms with van der Waals surface area (Å²) in [7, 11) is 1.41. The smallest absolute Gasteiger partial charge is 0.490 e. The van der Waals surface area contributed by atoms with Crippen LogP contribution in [0.1, 0.15) is 16.7 Å². The van der Waals surface area contributed by atoms with Crippen molar-refractivity contribution >= 4 is 23.2 Å². The summed E-state index contributed by atoms with van der Waals surface area (Å²) in [6, 6.07) is 2.73. The van der Waals surface area contributed by atoms with E-state index >= 15 is 0 Å². The van der Waals surface area contributed by atoms with Crippen LogP contribution in [-0.4, -0.2) is 34.3 Å². The Kier molecular flexibility index (Phi) is 6.20. The summed E-state index contributed by atoms with van der Waals surface area (Å²) in [5, 5.41) is 18.2. The lowest BCUT2D eigenvalue weighted by molar-refractivity contribution is -0.385. The monoisotopic (exact) mass is 431 g/mol. The molecule has 2 heterocycles. The average Bonchev–Trinajstić information content (AvgIpc) is 2.66. The predicted octanol–water partition coefficient (Wildman–Crippen LogP) is 1.95. The number of methoxy groups -OCH3 is 1. The van der Waals surface area contributed by atoms with Crippen molar-refractivity contribution in [3.63, 3.8) is 0 Å². The van der Waals surface area contributed by atoms with E-state index in [-0.39, 0.29) is 29.7 Å². The molecule has 1 aromatic heterocycles. The van der Waals surface area contributed by atoms with E-state index in [0.29, 0.717) is 34.5 Å². The number of hydrogen-bond acceptors (Lipinski definition) is 9. The van der Waals surface area contributed by atoms with E-state index in [4.69, 9.17) is 36.6 Å². The van der Waals surface area contributed by atoms with Gasteiger partial charge in [-0.05, 0) is 0 Å². The molecular weight excluding hydrogens is 415 g/mol. The Balaban J connectivity index is 0.000000396. The topological polar surface area (TPSA) is 190 Å². The number of aliphatic carboxylic acids is 1. The third kappa shape index (κ3) is 4.43. The first-order chi connectivity index (χ1) is 13.9. The van der Waals surface area contributed by atoms with Gasteiger partial charge in [-0.15, -0.1) is 0 Å². The van der Waals surface area contributed by atoms with Crippen LogP contribution in [0.5, 0.6) is 17.4 Å². The van der Waals surface area contributed by atoms with Crippen LogP contribution in [0.25, 0.3) is 0 Å². The van der Waals surface area contributed by atoms with Gasteiger partial charge in [-0.3, -0.25) is 10.1 Å². The third-order valence-electron chi connectivity index (χ3n) is 4.00. The Morgan fingerprint density at radius 1 is 1.40 bits per heavy atom. The zero-order valence-electron chi connectivity index (χ0n) is 15.3. The number of anilines is 2. The van der Waals surface area contributed by atoms with Gasteiger partial charge in [-0.1, -0.05) is 0 Å². The quantitative estimate of drug-likeness (QED) is 0.352. The van der Waals surface area contributed by atoms with Gasteiger partial charge in [0.05, 0.1) is 18.1 Å². The number of carboxylic acid groups (broad SMARTS) is 1. The summed E-state index contributed by atoms with van der Waals surface area (Å²) in [5.41, 5.74) is 19.6. The molecule has 0 spiro atoms. The number of ether oxygens (including phenoxy) is 2. The number of fused-ring (bicyclic) bond motifs is 2. The maximum absolute atomic E-state index is 11.1. The molecular formula is C16H16F3N5O6. The van der Waals surface area contributed by atoms with Crippen molar-refractivity contribution in [2.75, 3.05) is 18.6 Å². The fourth-order valence-electron chi connectivity index (χ4n) is 2.58. The van der Waals surface area contributed by atoms with Gasteiger partial charge in [-0.2, -0.15) is 18.2 Å². The standard InChI is InChI=1S/C14H15N5O4.C2HF3O2/c1-22-10-4-7(19(20)21)2-6-3-8-11(16)9(5-15)13(17)18-14(8)23-12(6)10;3-2(4,5)1(6)7/h2,4H,3,5,15H2,1H3,(H4,16,17,18);(H,6,7). The summed E-state index contributed by atoms with van der Waals surface area (Å²) in [6.07, 6.45) is -4.77. The van der Waals surface area contributed by atoms with Crippen molar-refractivity contribution in [3.8, 4) is 17.4 Å². The lowest BCUT2D eigenvalue weighted by Gasteiger charge is -2.23. The number of halogens is 3. The van der Waals surface area contributed by atoms with Gasteiger partial charge in [0, 0.05) is 41.4 Å². The van der Waals surface area contributed by atoms with Crippen LogP contribution in [0.2, 0.25) is 0 Å². The third-order valence-corrected chi connectivity index (χ3v) is 4.00. The van der Waals surface area contributed by atoms with Crippen LogP contribution in [0.15, 0.2) is 12.1 Å². The summed E-state index contributed by atoms with van der Waals surface area (Å²) in [4.78, 5) is 23.6. The molecule has 0 atom stereocenters. The molecule has 0 saturated heterocycles. The molecule has 30 heavy (non-hydrogen) atoms. The van der Waals surface area contributed by atoms with E-state index < -0.39 is 17.1 Å². The van der Waals surface area contributed by atoms with E-state index in [9.17, 15) is 23.3 Å². The van der Waals surface area contributed by atoms with Gasteiger partial charge in [-0.25, -0.2) is 4.79 Å². The van der Waals surface area contributed by atoms with Crippen molar-refractivity contribution in [2.45, 2.75) is 19.1 Å². The minimum Gasteiger partial charge on any atom is -0.493 e. The molecule has 0 fully saturated rings. The lowest BCUT2D eigenvalue weighted by atomic mass is 9.98. The normalized spacial score (nSPS) is 11.9. The molecule has 2 aromatic rings. The number of carbonyl (C=O) groups is 1. The van der Waals surface area contributed by atoms with Crippen LogP contribution in [0, 0.1) is 10.1 Å². The maximum Gasteiger partial charge on any atom is 0.490 e. The fraction of sp³-hybridized carbons (Fsp3) is 0.250. The van der Waals surface area contributed by atoms with Crippen LogP contribution in [-0.2, 0) is 17.8 Å². The Bertz CT molecular complexity index is 1010. The van der Waals surface area contributed by atoms with Crippen molar-refractivity contribution in [3.05, 3.63) is 38.9 Å². The van der Waals surface area contributed by atoms with E-state index in [1.54, 1.807) is 0 Å². The second-order valence-electron chi connectivity index (χ2n) is 5.85. The number of benzene rings is 1. The lowest BCUT2D eigenvalue weighted by Crippen LogP contribution is -2.21. The molecule has 11 nitrogen and oxygen atoms in total. The number of pyridine rings is 1. The fourth-order valence-corrected chi connectivity index (χ4v) is 2.58. The van der Waals surface area contributed by atoms with Gasteiger partial charge in [0.2, 0.25) is 5.88 Å². The summed E-state index contributed by atoms with van der Waals surface area (Å²) >= 11 is 0. The first kappa shape index (κ1) is 22.5. The van der Waals surface area contributed by atoms with Gasteiger partial charge in [0.1, 0.15) is 5.82 Å². The minimum absolute atomic E-state index is 0.0892. The number of alkyl halides is 3. The molecule has 1 aromatic carbocycles. The minimum atomic E-state index is -5.08. The van der Waals surface area contributed by atoms with Gasteiger partial charge < -0.3 is 31.8 Å². The van der Waals surface area contributed by atoms with E-state index in [0.717, 1.165) is 0 Å². The number of aromatic nitrogens is 1. The van der Waals surface area contributed by atoms with Crippen molar-refractivity contribution in [1.82, 2.24) is 4.98 Å². The van der Waals surface area contributed by atoms with Crippen LogP contribution in [0.4, 0.5) is 30.4 Å². The summed E-state index contributed by atoms with van der Waals surface area (Å²) in [5.74, 6) is -1.67. The molecule has 0 radical (unpaired) electrons. The zero-order chi connectivity index (χ0) is 22.8. The van der Waals surface area contributed by atoms with Crippen LogP contribution in [0.3, 0.4) is 0 Å². The summed E-state index contributed by atoms with van der Waals surface area (Å²) in [6.45, 7) is 0.142. The Hall–Kier alpha value is -3.81. The molecule has 3 rings (SSSR count). The molecule has 1 aliphatic rings. The molecule has 0 amide bonds. The maximum atomic E-state index is 11.1. The molecule has 0 unspecified atom stereocenters. The average molecular weight is 431 g/mol. The van der Waals surface area contributed by atoms with Gasteiger partial charge >= 0.3 is 12.1 Å². The van der Waals surface area contributed by atoms with Crippen LogP contribution >= 0.6 is 0 Å². The number of non-ortho nitro benzene ring substituents is 1. The van der Waals surface area contributed by atoms with E-state index in [2.05, 4.69) is 4.98 Å². The number of rotatable bonds is 3. The van der Waals surface area contributed by atoms with Gasteiger partial charge in [0.25, 0.3) is 5.69 Å². The first-order valence-corrected chi connectivity index (χ1v) is 8.00. The van der Waals surface area contributed by atoms with Crippen LogP contribution < -0.4 is 26.7 Å². The van der Waals surface area contributed by atoms with Crippen molar-refractivity contribution in [1.29, 1.82) is 0 Å². The predicted molar refractivity (Wildman–Crippen MR) is 97.2 cm³/mol. The van der Waals surface area contributed by atoms with E-state index in [1.165, 1.54) is 19.2 Å². The Morgan fingerprint density at radius 2 is 2.00 bits per heavy atom. The van der Waals surface area contributed by atoms with Gasteiger partial charge in [0.15, 0.2) is 11.5 Å². The molecule has 0 aliphatic carbocycles. The Labute approximate surface area is 166 Å². The molecule has 162 valence electrons. The molecule has 1 aliphatic heterocycles. The largest absolute Gasteiger partial charge is 0.493 e. The number of nitro groups is 1. The SMILES string of the molecule is COc1cc([N+](=O)[O-])cc2c1Oc1nc(N)c(CN)c(N)c1C2.O=C(O)C(F)(F)F. The highest BCUT2D eigenvalue weighted by atomic mass is 19.4. The molecule has 14 heteroatoms. The number of nitrogens with two attached hydrogens (primary N) is 3. The highest BCUT2D eigenvalue weighted by Gasteiger charge is 2.38. The molecule has 0 saturated carbocycles.